The van der Waals surface area contributed by atoms with Gasteiger partial charge in [-0.05, 0) is 44.3 Å². The molecule has 0 amide bonds. The van der Waals surface area contributed by atoms with Crippen LogP contribution in [0.2, 0.25) is 0 Å². The normalized spacial score (nSPS) is 12.2. The molecule has 5 aromatic rings. The predicted octanol–water partition coefficient (Wildman–Crippen LogP) is 5.41. The van der Waals surface area contributed by atoms with Gasteiger partial charge in [-0.25, -0.2) is 9.78 Å². The van der Waals surface area contributed by atoms with Crippen molar-refractivity contribution in [3.05, 3.63) is 83.8 Å². The molecule has 4 aromatic heterocycles. The average molecular weight is 516 g/mol. The lowest BCUT2D eigenvalue weighted by molar-refractivity contribution is 0.0600. The van der Waals surface area contributed by atoms with Gasteiger partial charge < -0.3 is 14.4 Å². The number of hydrogen-bond donors (Lipinski definition) is 0. The van der Waals surface area contributed by atoms with E-state index in [-0.39, 0.29) is 6.10 Å². The Morgan fingerprint density at radius 3 is 2.68 bits per heavy atom. The third-order valence-electron chi connectivity index (χ3n) is 6.15. The largest absolute Gasteiger partial charge is 0.484 e. The molecule has 0 fully saturated rings. The summed E-state index contributed by atoms with van der Waals surface area (Å²) in [5, 5.41) is 4.49. The van der Waals surface area contributed by atoms with E-state index in [1.165, 1.54) is 18.4 Å². The number of pyridine rings is 1. The molecule has 5 rings (SSSR count). The van der Waals surface area contributed by atoms with Gasteiger partial charge in [0.05, 0.1) is 36.6 Å². The monoisotopic (exact) mass is 515 g/mol. The molecule has 8 nitrogen and oxygen atoms in total. The number of imidazole rings is 1. The van der Waals surface area contributed by atoms with E-state index in [4.69, 9.17) is 9.47 Å². The lowest BCUT2D eigenvalue weighted by atomic mass is 10.1. The maximum absolute atomic E-state index is 12.6. The van der Waals surface area contributed by atoms with Crippen molar-refractivity contribution in [2.75, 3.05) is 27.7 Å². The second-order valence-electron chi connectivity index (χ2n) is 9.05. The molecule has 1 aromatic carbocycles. The Kier molecular flexibility index (Phi) is 7.07. The lowest BCUT2D eigenvalue weighted by Gasteiger charge is -2.14. The summed E-state index contributed by atoms with van der Waals surface area (Å²) in [5.41, 5.74) is 4.80. The Labute approximate surface area is 219 Å². The van der Waals surface area contributed by atoms with E-state index < -0.39 is 5.97 Å². The molecule has 0 radical (unpaired) electrons. The first-order valence-corrected chi connectivity index (χ1v) is 12.8. The third kappa shape index (κ3) is 5.28. The second kappa shape index (κ2) is 10.6. The van der Waals surface area contributed by atoms with Crippen LogP contribution in [0.3, 0.4) is 0 Å². The fourth-order valence-corrected chi connectivity index (χ4v) is 5.10. The van der Waals surface area contributed by atoms with Crippen LogP contribution in [-0.2, 0) is 11.3 Å². The van der Waals surface area contributed by atoms with Crippen molar-refractivity contribution in [2.24, 2.45) is 0 Å². The Hall–Kier alpha value is -3.95. The number of nitrogens with zero attached hydrogens (tertiary/aromatic N) is 5. The minimum atomic E-state index is -0.422. The molecule has 0 aliphatic heterocycles. The molecule has 0 saturated heterocycles. The van der Waals surface area contributed by atoms with Crippen LogP contribution in [0, 0.1) is 0 Å². The number of aromatic nitrogens is 4. The number of benzene rings is 1. The summed E-state index contributed by atoms with van der Waals surface area (Å²) < 4.78 is 15.2. The number of fused-ring (bicyclic) bond motifs is 1. The topological polar surface area (TPSA) is 73.9 Å². The number of rotatable bonds is 9. The van der Waals surface area contributed by atoms with Crippen molar-refractivity contribution in [3.8, 4) is 27.4 Å². The zero-order chi connectivity index (χ0) is 25.9. The average Bonchev–Trinajstić information content (AvgIpc) is 3.65. The van der Waals surface area contributed by atoms with E-state index in [0.717, 1.165) is 46.0 Å². The minimum Gasteiger partial charge on any atom is -0.484 e. The van der Waals surface area contributed by atoms with Crippen molar-refractivity contribution in [1.82, 2.24) is 24.1 Å². The highest BCUT2D eigenvalue weighted by atomic mass is 32.1. The first-order chi connectivity index (χ1) is 17.9. The summed E-state index contributed by atoms with van der Waals surface area (Å²) in [6, 6.07) is 15.9. The number of likely N-dealkylation sites (N-methyl/N-ethyl adjacent to an activating group) is 1. The van der Waals surface area contributed by atoms with Crippen LogP contribution in [0.1, 0.15) is 28.3 Å². The molecule has 0 aliphatic rings. The minimum absolute atomic E-state index is 0.226. The first-order valence-electron chi connectivity index (χ1n) is 12.0. The van der Waals surface area contributed by atoms with Gasteiger partial charge >= 0.3 is 5.97 Å². The highest BCUT2D eigenvalue weighted by molar-refractivity contribution is 7.17. The van der Waals surface area contributed by atoms with E-state index in [2.05, 4.69) is 41.3 Å². The van der Waals surface area contributed by atoms with Gasteiger partial charge in [0, 0.05) is 30.6 Å². The molecule has 0 saturated carbocycles. The predicted molar refractivity (Wildman–Crippen MR) is 145 cm³/mol. The Bertz CT molecular complexity index is 1520. The molecule has 1 unspecified atom stereocenters. The molecule has 0 aliphatic carbocycles. The summed E-state index contributed by atoms with van der Waals surface area (Å²) in [4.78, 5) is 20.6. The van der Waals surface area contributed by atoms with Crippen molar-refractivity contribution < 1.29 is 14.3 Å². The van der Waals surface area contributed by atoms with E-state index in [0.29, 0.717) is 10.6 Å². The van der Waals surface area contributed by atoms with Gasteiger partial charge in [-0.2, -0.15) is 5.10 Å². The van der Waals surface area contributed by atoms with E-state index >= 15 is 0 Å². The first kappa shape index (κ1) is 24.7. The molecule has 190 valence electrons. The fourth-order valence-electron chi connectivity index (χ4n) is 4.09. The molecular formula is C28H29N5O3S. The molecule has 0 bridgehead atoms. The van der Waals surface area contributed by atoms with Crippen LogP contribution in [-0.4, -0.2) is 57.8 Å². The van der Waals surface area contributed by atoms with Gasteiger partial charge in [0.2, 0.25) is 0 Å². The number of ether oxygens (including phenoxy) is 2. The summed E-state index contributed by atoms with van der Waals surface area (Å²) in [6.07, 6.45) is 7.52. The number of hydrogen-bond acceptors (Lipinski definition) is 7. The second-order valence-corrected chi connectivity index (χ2v) is 10.1. The Balaban J connectivity index is 1.44. The van der Waals surface area contributed by atoms with Crippen molar-refractivity contribution in [2.45, 2.75) is 19.6 Å². The molecule has 4 heterocycles. The van der Waals surface area contributed by atoms with E-state index in [9.17, 15) is 4.79 Å². The maximum Gasteiger partial charge on any atom is 0.351 e. The van der Waals surface area contributed by atoms with Gasteiger partial charge in [-0.15, -0.1) is 11.3 Å². The number of esters is 1. The van der Waals surface area contributed by atoms with Crippen LogP contribution in [0.15, 0.2) is 73.3 Å². The van der Waals surface area contributed by atoms with Crippen molar-refractivity contribution >= 4 is 23.0 Å². The molecule has 1 atom stereocenters. The molecule has 9 heteroatoms. The van der Waals surface area contributed by atoms with Crippen LogP contribution in [0.5, 0.6) is 5.75 Å². The van der Waals surface area contributed by atoms with Crippen molar-refractivity contribution in [1.29, 1.82) is 0 Å². The summed E-state index contributed by atoms with van der Waals surface area (Å²) >= 11 is 1.34. The quantitative estimate of drug-likeness (QED) is 0.244. The third-order valence-corrected chi connectivity index (χ3v) is 7.27. The van der Waals surface area contributed by atoms with Crippen LogP contribution >= 0.6 is 11.3 Å². The standard InChI is InChI=1S/C28H29N5O3S/c1-19(20-8-6-5-7-9-20)36-24-15-25(37-27(24)28(34)35-4)23-17-29-26-14-21(10-11-33(23)26)22-16-30-32(18-22)13-12-31(2)3/h5-11,14-19H,12-13H2,1-4H3. The zero-order valence-electron chi connectivity index (χ0n) is 21.3. The van der Waals surface area contributed by atoms with E-state index in [1.54, 1.807) is 0 Å². The lowest BCUT2D eigenvalue weighted by Crippen LogP contribution is -2.18. The van der Waals surface area contributed by atoms with Gasteiger partial charge in [0.1, 0.15) is 17.5 Å². The maximum atomic E-state index is 12.6. The summed E-state index contributed by atoms with van der Waals surface area (Å²) in [5.74, 6) is 0.0776. The van der Waals surface area contributed by atoms with Crippen LogP contribution in [0.25, 0.3) is 27.3 Å². The Morgan fingerprint density at radius 1 is 1.11 bits per heavy atom. The van der Waals surface area contributed by atoms with Gasteiger partial charge in [0.15, 0.2) is 4.88 Å². The van der Waals surface area contributed by atoms with Gasteiger partial charge in [0.25, 0.3) is 0 Å². The van der Waals surface area contributed by atoms with Gasteiger partial charge in [-0.1, -0.05) is 30.3 Å². The van der Waals surface area contributed by atoms with Crippen LogP contribution in [0.4, 0.5) is 0 Å². The van der Waals surface area contributed by atoms with Crippen LogP contribution < -0.4 is 4.74 Å². The fraction of sp³-hybridized carbons (Fsp3) is 0.250. The van der Waals surface area contributed by atoms with Gasteiger partial charge in [-0.3, -0.25) is 9.08 Å². The van der Waals surface area contributed by atoms with E-state index in [1.807, 2.05) is 77.1 Å². The number of thiophene rings is 1. The molecule has 0 spiro atoms. The number of methoxy groups -OCH3 is 1. The van der Waals surface area contributed by atoms with Crippen molar-refractivity contribution in [3.63, 3.8) is 0 Å². The molecule has 0 N–H and O–H groups in total. The number of carbonyl (C=O) groups excluding carboxylic acids is 1. The number of carbonyl (C=O) groups is 1. The highest BCUT2D eigenvalue weighted by Crippen LogP contribution is 2.39. The summed E-state index contributed by atoms with van der Waals surface area (Å²) in [6.45, 7) is 3.72. The Morgan fingerprint density at radius 2 is 1.92 bits per heavy atom. The molecule has 37 heavy (non-hydrogen) atoms. The smallest absolute Gasteiger partial charge is 0.351 e. The summed E-state index contributed by atoms with van der Waals surface area (Å²) in [7, 11) is 5.48. The molecular weight excluding hydrogens is 486 g/mol. The SMILES string of the molecule is COC(=O)c1sc(-c2cnc3cc(-c4cnn(CCN(C)C)c4)ccn23)cc1OC(C)c1ccccc1. The highest BCUT2D eigenvalue weighted by Gasteiger charge is 2.23. The zero-order valence-corrected chi connectivity index (χ0v) is 22.1.